The fourth-order valence-electron chi connectivity index (χ4n) is 10.8. The van der Waals surface area contributed by atoms with Gasteiger partial charge in [-0.15, -0.1) is 0 Å². The first-order valence-corrected chi connectivity index (χ1v) is 17.9. The van der Waals surface area contributed by atoms with E-state index in [2.05, 4.69) is 116 Å². The van der Waals surface area contributed by atoms with Crippen LogP contribution in [0.2, 0.25) is 0 Å². The predicted molar refractivity (Wildman–Crippen MR) is 197 cm³/mol. The molecule has 46 heavy (non-hydrogen) atoms. The van der Waals surface area contributed by atoms with Crippen molar-refractivity contribution >= 4 is 51.4 Å². The van der Waals surface area contributed by atoms with E-state index in [4.69, 9.17) is 0 Å². The van der Waals surface area contributed by atoms with Crippen molar-refractivity contribution in [2.24, 2.45) is 0 Å². The standard InChI is InChI=1S/C43H43BN2/c1-42-23-12-13-24-43(42,2)46-40-33(29-17-8-5-9-18-29)27-32(28-15-6-4-7-16-28)39-38(40)44(35-22-14-21-34(42)41(35)46)36-25-30-19-10-11-20-31(30)26-37(36)45(39)3/h4-6,8-9,14-15,17-18,21-22,25-27H,7,10-13,16,19-20,23-24H2,1-3H3. The summed E-state index contributed by atoms with van der Waals surface area (Å²) in [7, 11) is 2.37. The van der Waals surface area contributed by atoms with Crippen LogP contribution in [0.15, 0.2) is 85.0 Å². The maximum atomic E-state index is 2.91. The second-order valence-electron chi connectivity index (χ2n) is 15.4. The molecular formula is C43H43BN2. The van der Waals surface area contributed by atoms with E-state index in [1.54, 1.807) is 22.2 Å². The first-order valence-electron chi connectivity index (χ1n) is 17.9. The van der Waals surface area contributed by atoms with Crippen molar-refractivity contribution in [3.63, 3.8) is 0 Å². The number of hydrogen-bond acceptors (Lipinski definition) is 2. The molecule has 0 saturated heterocycles. The Bertz CT molecular complexity index is 2020. The van der Waals surface area contributed by atoms with Crippen molar-refractivity contribution in [2.45, 2.75) is 89.0 Å². The molecule has 10 rings (SSSR count). The van der Waals surface area contributed by atoms with Crippen molar-refractivity contribution in [1.82, 2.24) is 0 Å². The number of nitrogens with zero attached hydrogens (tertiary/aromatic N) is 2. The number of para-hydroxylation sites is 1. The summed E-state index contributed by atoms with van der Waals surface area (Å²) in [6.45, 7) is 5.43. The van der Waals surface area contributed by atoms with Crippen LogP contribution >= 0.6 is 0 Å². The third-order valence-corrected chi connectivity index (χ3v) is 13.2. The van der Waals surface area contributed by atoms with Crippen molar-refractivity contribution < 1.29 is 0 Å². The molecule has 4 aromatic carbocycles. The zero-order valence-corrected chi connectivity index (χ0v) is 27.6. The molecule has 0 aromatic heterocycles. The Morgan fingerprint density at radius 1 is 0.717 bits per heavy atom. The molecule has 1 saturated carbocycles. The van der Waals surface area contributed by atoms with Crippen molar-refractivity contribution in [3.8, 4) is 11.1 Å². The molecule has 2 unspecified atom stereocenters. The van der Waals surface area contributed by atoms with E-state index >= 15 is 0 Å². The number of aryl methyl sites for hydroxylation is 2. The first-order chi connectivity index (χ1) is 22.5. The normalized spacial score (nSPS) is 24.9. The summed E-state index contributed by atoms with van der Waals surface area (Å²) < 4.78 is 0. The van der Waals surface area contributed by atoms with Crippen LogP contribution in [0.25, 0.3) is 16.7 Å². The van der Waals surface area contributed by atoms with Gasteiger partial charge in [0.15, 0.2) is 0 Å². The number of fused-ring (bicyclic) bond motifs is 8. The second-order valence-corrected chi connectivity index (χ2v) is 15.4. The van der Waals surface area contributed by atoms with Gasteiger partial charge in [0, 0.05) is 46.3 Å². The smallest absolute Gasteiger partial charge is 0.252 e. The van der Waals surface area contributed by atoms with Crippen LogP contribution in [-0.2, 0) is 18.3 Å². The summed E-state index contributed by atoms with van der Waals surface area (Å²) in [5, 5.41) is 0. The fraction of sp³-hybridized carbons (Fsp3) is 0.349. The molecule has 3 aliphatic carbocycles. The molecular weight excluding hydrogens is 555 g/mol. The number of anilines is 4. The predicted octanol–water partition coefficient (Wildman–Crippen LogP) is 8.62. The van der Waals surface area contributed by atoms with Gasteiger partial charge in [0.05, 0.1) is 5.54 Å². The second kappa shape index (κ2) is 9.53. The van der Waals surface area contributed by atoms with Crippen LogP contribution in [0.3, 0.4) is 0 Å². The van der Waals surface area contributed by atoms with Gasteiger partial charge in [0.2, 0.25) is 0 Å². The Kier molecular flexibility index (Phi) is 5.63. The molecule has 2 nitrogen and oxygen atoms in total. The fourth-order valence-corrected chi connectivity index (χ4v) is 10.8. The molecule has 0 amide bonds. The highest BCUT2D eigenvalue weighted by molar-refractivity contribution is 7.00. The minimum atomic E-state index is 0.0228. The molecule has 3 heteroatoms. The lowest BCUT2D eigenvalue weighted by Crippen LogP contribution is -2.65. The number of hydrogen-bond donors (Lipinski definition) is 0. The maximum absolute atomic E-state index is 2.91. The first kappa shape index (κ1) is 27.2. The van der Waals surface area contributed by atoms with Crippen molar-refractivity contribution in [3.05, 3.63) is 107 Å². The molecule has 0 spiro atoms. The zero-order valence-electron chi connectivity index (χ0n) is 27.6. The largest absolute Gasteiger partial charge is 0.345 e. The quantitative estimate of drug-likeness (QED) is 0.213. The Hall–Kier alpha value is -3.98. The minimum Gasteiger partial charge on any atom is -0.345 e. The highest BCUT2D eigenvalue weighted by atomic mass is 15.3. The lowest BCUT2D eigenvalue weighted by Gasteiger charge is -2.53. The molecule has 0 radical (unpaired) electrons. The zero-order chi connectivity index (χ0) is 30.8. The van der Waals surface area contributed by atoms with Gasteiger partial charge in [-0.3, -0.25) is 0 Å². The molecule has 4 aromatic rings. The van der Waals surface area contributed by atoms with Gasteiger partial charge < -0.3 is 9.80 Å². The lowest BCUT2D eigenvalue weighted by atomic mass is 9.33. The third-order valence-electron chi connectivity index (χ3n) is 13.2. The lowest BCUT2D eigenvalue weighted by molar-refractivity contribution is 0.195. The van der Waals surface area contributed by atoms with Crippen LogP contribution in [0, 0.1) is 0 Å². The average molecular weight is 599 g/mol. The van der Waals surface area contributed by atoms with Gasteiger partial charge in [-0.1, -0.05) is 92.6 Å². The van der Waals surface area contributed by atoms with E-state index in [0.717, 1.165) is 12.8 Å². The Morgan fingerprint density at radius 2 is 1.52 bits per heavy atom. The van der Waals surface area contributed by atoms with Gasteiger partial charge in [0.1, 0.15) is 0 Å². The van der Waals surface area contributed by atoms with E-state index < -0.39 is 0 Å². The number of benzene rings is 4. The third kappa shape index (κ3) is 3.34. The van der Waals surface area contributed by atoms with E-state index in [0.29, 0.717) is 0 Å². The Balaban J connectivity index is 1.38. The minimum absolute atomic E-state index is 0.0228. The van der Waals surface area contributed by atoms with Crippen LogP contribution in [-0.4, -0.2) is 19.3 Å². The van der Waals surface area contributed by atoms with Crippen molar-refractivity contribution in [2.75, 3.05) is 16.8 Å². The van der Waals surface area contributed by atoms with E-state index in [1.165, 1.54) is 107 Å². The van der Waals surface area contributed by atoms with E-state index in [-0.39, 0.29) is 17.7 Å². The monoisotopic (exact) mass is 598 g/mol. The van der Waals surface area contributed by atoms with Gasteiger partial charge in [-0.2, -0.15) is 0 Å². The van der Waals surface area contributed by atoms with Crippen LogP contribution in [0.4, 0.5) is 22.7 Å². The SMILES string of the molecule is CN1c2cc3c(cc2B2c4cccc5c4N(c4c(-c6ccccc6)cc(C6=CC=CCC6)c1c42)C1(C)CCCCC51C)CCCC3. The average Bonchev–Trinajstić information content (AvgIpc) is 3.31. The molecule has 2 atom stereocenters. The summed E-state index contributed by atoms with van der Waals surface area (Å²) in [5.41, 5.74) is 21.0. The van der Waals surface area contributed by atoms with Gasteiger partial charge in [-0.25, -0.2) is 0 Å². The molecule has 0 N–H and O–H groups in total. The molecule has 3 aliphatic heterocycles. The molecule has 1 fully saturated rings. The van der Waals surface area contributed by atoms with Crippen LogP contribution < -0.4 is 26.2 Å². The highest BCUT2D eigenvalue weighted by Crippen LogP contribution is 2.63. The number of allylic oxidation sites excluding steroid dienone is 4. The topological polar surface area (TPSA) is 6.48 Å². The summed E-state index contributed by atoms with van der Waals surface area (Å²) in [6, 6.07) is 26.6. The van der Waals surface area contributed by atoms with E-state index in [9.17, 15) is 0 Å². The van der Waals surface area contributed by atoms with E-state index in [1.807, 2.05) is 0 Å². The van der Waals surface area contributed by atoms with Gasteiger partial charge in [0.25, 0.3) is 6.71 Å². The Labute approximate surface area is 274 Å². The van der Waals surface area contributed by atoms with Crippen molar-refractivity contribution in [1.29, 1.82) is 0 Å². The van der Waals surface area contributed by atoms with Gasteiger partial charge in [-0.05, 0) is 115 Å². The summed E-state index contributed by atoms with van der Waals surface area (Å²) in [4.78, 5) is 5.51. The summed E-state index contributed by atoms with van der Waals surface area (Å²) in [6.07, 6.45) is 19.3. The summed E-state index contributed by atoms with van der Waals surface area (Å²) >= 11 is 0. The molecule has 228 valence electrons. The molecule has 6 aliphatic rings. The number of rotatable bonds is 2. The van der Waals surface area contributed by atoms with Gasteiger partial charge >= 0.3 is 0 Å². The maximum Gasteiger partial charge on any atom is 0.252 e. The van der Waals surface area contributed by atoms with Crippen LogP contribution in [0.5, 0.6) is 0 Å². The van der Waals surface area contributed by atoms with Crippen LogP contribution in [0.1, 0.15) is 87.5 Å². The molecule has 0 bridgehead atoms. The highest BCUT2D eigenvalue weighted by Gasteiger charge is 2.61. The Morgan fingerprint density at radius 3 is 2.33 bits per heavy atom. The molecule has 3 heterocycles. The summed E-state index contributed by atoms with van der Waals surface area (Å²) in [5.74, 6) is 0.